The van der Waals surface area contributed by atoms with E-state index < -0.39 is 65.5 Å². The van der Waals surface area contributed by atoms with Gasteiger partial charge in [0.25, 0.3) is 0 Å². The quantitative estimate of drug-likeness (QED) is 0.0977. The Hall–Kier alpha value is -6.73. The highest BCUT2D eigenvalue weighted by molar-refractivity contribution is 6.23. The summed E-state index contributed by atoms with van der Waals surface area (Å²) < 4.78 is 22.7. The number of primary amides is 1. The number of carboxylic acids is 1. The van der Waals surface area contributed by atoms with Gasteiger partial charge in [0.2, 0.25) is 5.91 Å². The third-order valence-electron chi connectivity index (χ3n) is 10.5. The Balaban J connectivity index is 1.55. The molecule has 4 aromatic rings. The number of aliphatic carboxylic acids is 1. The number of rotatable bonds is 11. The molecule has 3 aliphatic rings. The number of nitrogens with one attached hydrogen (secondary N) is 1. The van der Waals surface area contributed by atoms with E-state index in [9.17, 15) is 29.4 Å². The van der Waals surface area contributed by atoms with Crippen molar-refractivity contribution in [3.63, 3.8) is 0 Å². The molecule has 0 aromatic heterocycles. The molecule has 2 fully saturated rings. The maximum absolute atomic E-state index is 15.7. The van der Waals surface area contributed by atoms with Gasteiger partial charge in [-0.2, -0.15) is 0 Å². The Kier molecular flexibility index (Phi) is 11.4. The molecule has 0 bridgehead atoms. The lowest BCUT2D eigenvalue weighted by Crippen LogP contribution is -2.53. The first-order valence-electron chi connectivity index (χ1n) is 18.4. The Morgan fingerprint density at radius 3 is 2.26 bits per heavy atom. The molecule has 3 aliphatic heterocycles. The second kappa shape index (κ2) is 16.8. The summed E-state index contributed by atoms with van der Waals surface area (Å²) in [7, 11) is 1.42. The van der Waals surface area contributed by atoms with E-state index in [2.05, 4.69) is 17.2 Å². The van der Waals surface area contributed by atoms with Crippen LogP contribution in [-0.4, -0.2) is 91.2 Å². The van der Waals surface area contributed by atoms with Crippen molar-refractivity contribution >= 4 is 35.7 Å². The number of esters is 1. The maximum Gasteiger partial charge on any atom is 0.421 e. The summed E-state index contributed by atoms with van der Waals surface area (Å²) in [6, 6.07) is 24.8. The molecule has 15 heteroatoms. The van der Waals surface area contributed by atoms with Crippen LogP contribution in [0.25, 0.3) is 0 Å². The summed E-state index contributed by atoms with van der Waals surface area (Å²) >= 11 is 0. The minimum Gasteiger partial charge on any atom is -0.491 e. The number of ether oxygens (including phenoxy) is 4. The van der Waals surface area contributed by atoms with Gasteiger partial charge in [0.1, 0.15) is 42.4 Å². The number of hydrogen-bond acceptors (Lipinski definition) is 11. The van der Waals surface area contributed by atoms with Crippen LogP contribution in [0.5, 0.6) is 5.75 Å². The highest BCUT2D eigenvalue weighted by atomic mass is 16.6. The maximum atomic E-state index is 15.7. The van der Waals surface area contributed by atoms with Crippen molar-refractivity contribution in [1.29, 1.82) is 0 Å². The van der Waals surface area contributed by atoms with E-state index in [1.165, 1.54) is 19.2 Å². The summed E-state index contributed by atoms with van der Waals surface area (Å²) in [5, 5.41) is 23.4. The number of aliphatic hydroxyl groups is 1. The predicted octanol–water partition coefficient (Wildman–Crippen LogP) is 3.61. The number of carbonyl (C=O) groups excluding carboxylic acids is 4. The molecule has 0 unspecified atom stereocenters. The topological polar surface area (TPSA) is 207 Å². The van der Waals surface area contributed by atoms with E-state index in [0.29, 0.717) is 28.0 Å². The Morgan fingerprint density at radius 2 is 1.59 bits per heavy atom. The average molecular weight is 789 g/mol. The Morgan fingerprint density at radius 1 is 0.879 bits per heavy atom. The third kappa shape index (κ3) is 6.98. The van der Waals surface area contributed by atoms with Crippen molar-refractivity contribution in [2.75, 3.05) is 45.0 Å². The summed E-state index contributed by atoms with van der Waals surface area (Å²) in [6.07, 6.45) is -2.06. The van der Waals surface area contributed by atoms with Gasteiger partial charge >= 0.3 is 24.1 Å². The number of anilines is 1. The Labute approximate surface area is 333 Å². The number of amides is 4. The highest BCUT2D eigenvalue weighted by Crippen LogP contribution is 2.66. The van der Waals surface area contributed by atoms with E-state index in [-0.39, 0.29) is 44.2 Å². The van der Waals surface area contributed by atoms with E-state index in [0.717, 1.165) is 4.90 Å². The van der Waals surface area contributed by atoms with Crippen LogP contribution >= 0.6 is 0 Å². The van der Waals surface area contributed by atoms with Crippen LogP contribution < -0.4 is 20.7 Å². The van der Waals surface area contributed by atoms with Gasteiger partial charge in [-0.25, -0.2) is 14.5 Å². The third-order valence-corrected chi connectivity index (χ3v) is 10.5. The molecule has 5 N–H and O–H groups in total. The molecule has 0 radical (unpaired) electrons. The lowest BCUT2D eigenvalue weighted by molar-refractivity contribution is -0.179. The number of carbonyl (C=O) groups is 5. The number of benzene rings is 4. The number of imide groups is 1. The molecular formula is C43H40N4O11. The van der Waals surface area contributed by atoms with Crippen LogP contribution in [0.15, 0.2) is 103 Å². The molecule has 298 valence electrons. The van der Waals surface area contributed by atoms with E-state index in [1.54, 1.807) is 59.5 Å². The average Bonchev–Trinajstić information content (AvgIpc) is 3.69. The molecular weight excluding hydrogens is 748 g/mol. The standard InChI is InChI=1S/C43H40N4O11/c1-55-22-23-57-42(54)46-32-18-17-26(10-9-19-45-41(44)53)24-31(32)43(40(46)52)33(38(49)50)35-39(51)58-36(28-13-6-3-7-14-28)34(27-11-4-2-5-12-27)47(35)37(43)29-15-8-16-30(25-29)56-21-20-48/h2-8,11-18,24-25,33-37,48H,19-23H2,1H3,(H,49,50)(H3,44,45,53)/t33-,34-,35-,36+,37+,43-/m1/s1. The minimum atomic E-state index is -2.22. The number of cyclic esters (lactones) is 1. The minimum absolute atomic E-state index is 0.0158. The summed E-state index contributed by atoms with van der Waals surface area (Å²) in [5.41, 5.74) is 5.09. The zero-order valence-corrected chi connectivity index (χ0v) is 31.3. The van der Waals surface area contributed by atoms with E-state index >= 15 is 4.79 Å². The SMILES string of the molecule is COCCOC(=O)N1C(=O)[C@@]2(c3cc(C#CCNC(N)=O)ccc31)[C@H](c1cccc(OCCO)c1)N1[C@H](c3ccccc3)[C@H](c3ccccc3)OC(=O)[C@H]1[C@@H]2C(=O)O. The van der Waals surface area contributed by atoms with Crippen molar-refractivity contribution in [1.82, 2.24) is 10.2 Å². The van der Waals surface area contributed by atoms with Gasteiger partial charge in [0.05, 0.1) is 37.5 Å². The number of nitrogens with zero attached hydrogens (tertiary/aromatic N) is 2. The van der Waals surface area contributed by atoms with Gasteiger partial charge in [-0.1, -0.05) is 84.6 Å². The van der Waals surface area contributed by atoms with Gasteiger partial charge in [0, 0.05) is 12.7 Å². The number of morpholine rings is 1. The van der Waals surface area contributed by atoms with Crippen molar-refractivity contribution < 1.29 is 53.1 Å². The largest absolute Gasteiger partial charge is 0.491 e. The molecule has 7 rings (SSSR count). The molecule has 4 aromatic carbocycles. The first-order chi connectivity index (χ1) is 28.1. The van der Waals surface area contributed by atoms with E-state index in [4.69, 9.17) is 24.7 Å². The van der Waals surface area contributed by atoms with Gasteiger partial charge in [0.15, 0.2) is 0 Å². The van der Waals surface area contributed by atoms with Gasteiger partial charge in [-0.15, -0.1) is 0 Å². The molecule has 6 atom stereocenters. The number of carboxylic acid groups (broad SMARTS) is 1. The summed E-state index contributed by atoms with van der Waals surface area (Å²) in [4.78, 5) is 72.4. The van der Waals surface area contributed by atoms with Crippen LogP contribution in [0.4, 0.5) is 15.3 Å². The first kappa shape index (κ1) is 39.5. The number of aliphatic hydroxyl groups excluding tert-OH is 1. The number of methoxy groups -OCH3 is 1. The zero-order chi connectivity index (χ0) is 41.0. The fourth-order valence-electron chi connectivity index (χ4n) is 8.44. The van der Waals surface area contributed by atoms with Crippen molar-refractivity contribution in [2.45, 2.75) is 29.6 Å². The second-order valence-electron chi connectivity index (χ2n) is 13.7. The van der Waals surface area contributed by atoms with Crippen LogP contribution in [0.3, 0.4) is 0 Å². The fourth-order valence-corrected chi connectivity index (χ4v) is 8.44. The molecule has 2 saturated heterocycles. The summed E-state index contributed by atoms with van der Waals surface area (Å²) in [6.45, 7) is -0.672. The first-order valence-corrected chi connectivity index (χ1v) is 18.4. The molecule has 0 aliphatic carbocycles. The van der Waals surface area contributed by atoms with Crippen molar-refractivity contribution in [2.24, 2.45) is 11.7 Å². The highest BCUT2D eigenvalue weighted by Gasteiger charge is 2.76. The van der Waals surface area contributed by atoms with Crippen molar-refractivity contribution in [3.8, 4) is 17.6 Å². The van der Waals surface area contributed by atoms with Crippen LogP contribution in [-0.2, 0) is 34.0 Å². The van der Waals surface area contributed by atoms with Crippen LogP contribution in [0.1, 0.15) is 46.0 Å². The molecule has 1 spiro atoms. The lowest BCUT2D eigenvalue weighted by Gasteiger charge is -2.46. The molecule has 0 saturated carbocycles. The van der Waals surface area contributed by atoms with Gasteiger partial charge < -0.3 is 40.2 Å². The predicted molar refractivity (Wildman–Crippen MR) is 206 cm³/mol. The number of urea groups is 1. The van der Waals surface area contributed by atoms with E-state index in [1.807, 2.05) is 36.4 Å². The lowest BCUT2D eigenvalue weighted by atomic mass is 9.65. The molecule has 15 nitrogen and oxygen atoms in total. The monoisotopic (exact) mass is 788 g/mol. The fraction of sp³-hybridized carbons (Fsp3) is 0.279. The second-order valence-corrected chi connectivity index (χ2v) is 13.7. The molecule has 58 heavy (non-hydrogen) atoms. The van der Waals surface area contributed by atoms with Gasteiger partial charge in [-0.3, -0.25) is 19.3 Å². The number of hydrogen-bond donors (Lipinski definition) is 4. The summed E-state index contributed by atoms with van der Waals surface area (Å²) in [5.74, 6) is 0.839. The number of fused-ring (bicyclic) bond motifs is 3. The number of nitrogens with two attached hydrogens (primary N) is 1. The normalized spacial score (nSPS) is 23.3. The smallest absolute Gasteiger partial charge is 0.421 e. The van der Waals surface area contributed by atoms with Gasteiger partial charge in [-0.05, 0) is 52.6 Å². The van der Waals surface area contributed by atoms with Crippen LogP contribution in [0.2, 0.25) is 0 Å². The van der Waals surface area contributed by atoms with Crippen molar-refractivity contribution in [3.05, 3.63) is 131 Å². The Bertz CT molecular complexity index is 2280. The molecule has 3 heterocycles. The zero-order valence-electron chi connectivity index (χ0n) is 31.3. The van der Waals surface area contributed by atoms with Crippen LogP contribution in [0, 0.1) is 17.8 Å². The molecule has 4 amide bonds.